The fraction of sp³-hybridized carbons (Fsp3) is 0.478. The van der Waals surface area contributed by atoms with Gasteiger partial charge in [-0.2, -0.15) is 0 Å². The number of ketones is 1. The van der Waals surface area contributed by atoms with Gasteiger partial charge >= 0.3 is 5.97 Å². The number of hydrogen-bond donors (Lipinski definition) is 2. The van der Waals surface area contributed by atoms with Gasteiger partial charge in [0.1, 0.15) is 0 Å². The molecule has 6 nitrogen and oxygen atoms in total. The predicted molar refractivity (Wildman–Crippen MR) is 121 cm³/mol. The predicted octanol–water partition coefficient (Wildman–Crippen LogP) is 4.12. The van der Waals surface area contributed by atoms with Gasteiger partial charge in [-0.25, -0.2) is 4.79 Å². The summed E-state index contributed by atoms with van der Waals surface area (Å²) < 4.78 is 11.0. The first kappa shape index (κ1) is 23.8. The molecule has 1 heterocycles. The number of dihydropyridines is 1. The number of benzene rings is 1. The average Bonchev–Trinajstić information content (AvgIpc) is 2.66. The molecule has 0 radical (unpaired) electrons. The number of halogens is 2. The SMILES string of the molecule is CCOC(=O)C1=C(COCCN)NC2=C(C(=O)CC(C)(C)C2)C1c1ccc(Cl)cc1Cl. The third-order valence-electron chi connectivity index (χ3n) is 5.40. The van der Waals surface area contributed by atoms with Gasteiger partial charge in [0.2, 0.25) is 0 Å². The van der Waals surface area contributed by atoms with Crippen molar-refractivity contribution in [1.29, 1.82) is 0 Å². The van der Waals surface area contributed by atoms with Crippen molar-refractivity contribution in [1.82, 2.24) is 5.32 Å². The molecule has 3 rings (SSSR count). The molecular formula is C23H28Cl2N2O4. The number of carbonyl (C=O) groups excluding carboxylic acids is 2. The summed E-state index contributed by atoms with van der Waals surface area (Å²) in [4.78, 5) is 26.4. The molecule has 0 bridgehead atoms. The van der Waals surface area contributed by atoms with Gasteiger partial charge in [-0.1, -0.05) is 43.1 Å². The van der Waals surface area contributed by atoms with E-state index in [1.165, 1.54) is 0 Å². The molecule has 0 spiro atoms. The maximum atomic E-state index is 13.3. The molecule has 31 heavy (non-hydrogen) atoms. The van der Waals surface area contributed by atoms with Crippen LogP contribution in [0.4, 0.5) is 0 Å². The van der Waals surface area contributed by atoms with E-state index in [1.807, 2.05) is 0 Å². The molecule has 0 amide bonds. The number of ether oxygens (including phenoxy) is 2. The Morgan fingerprint density at radius 3 is 2.68 bits per heavy atom. The first-order valence-electron chi connectivity index (χ1n) is 10.3. The minimum Gasteiger partial charge on any atom is -0.463 e. The smallest absolute Gasteiger partial charge is 0.336 e. The number of hydrogen-bond acceptors (Lipinski definition) is 6. The Balaban J connectivity index is 2.21. The number of nitrogens with one attached hydrogen (secondary N) is 1. The van der Waals surface area contributed by atoms with Crippen molar-refractivity contribution in [2.24, 2.45) is 11.1 Å². The van der Waals surface area contributed by atoms with E-state index in [9.17, 15) is 9.59 Å². The molecule has 3 N–H and O–H groups in total. The molecule has 0 aromatic heterocycles. The summed E-state index contributed by atoms with van der Waals surface area (Å²) in [7, 11) is 0. The summed E-state index contributed by atoms with van der Waals surface area (Å²) in [5.74, 6) is -1.19. The highest BCUT2D eigenvalue weighted by atomic mass is 35.5. The zero-order valence-corrected chi connectivity index (χ0v) is 19.5. The van der Waals surface area contributed by atoms with E-state index >= 15 is 0 Å². The van der Waals surface area contributed by atoms with Crippen LogP contribution in [0.5, 0.6) is 0 Å². The number of rotatable bonds is 7. The van der Waals surface area contributed by atoms with Gasteiger partial charge in [0.25, 0.3) is 0 Å². The second-order valence-corrected chi connectivity index (χ2v) is 9.35. The van der Waals surface area contributed by atoms with Crippen LogP contribution >= 0.6 is 23.2 Å². The van der Waals surface area contributed by atoms with Crippen LogP contribution in [0, 0.1) is 5.41 Å². The Morgan fingerprint density at radius 1 is 1.29 bits per heavy atom. The van der Waals surface area contributed by atoms with Gasteiger partial charge in [0.05, 0.1) is 31.1 Å². The van der Waals surface area contributed by atoms with Crippen molar-refractivity contribution in [2.75, 3.05) is 26.4 Å². The highest BCUT2D eigenvalue weighted by Gasteiger charge is 2.44. The summed E-state index contributed by atoms with van der Waals surface area (Å²) in [5, 5.41) is 4.18. The topological polar surface area (TPSA) is 90.7 Å². The van der Waals surface area contributed by atoms with Gasteiger partial charge in [-0.3, -0.25) is 4.79 Å². The quantitative estimate of drug-likeness (QED) is 0.463. The van der Waals surface area contributed by atoms with E-state index in [2.05, 4.69) is 19.2 Å². The number of allylic oxidation sites excluding steroid dienone is 2. The summed E-state index contributed by atoms with van der Waals surface area (Å²) in [6.45, 7) is 6.87. The maximum Gasteiger partial charge on any atom is 0.336 e. The van der Waals surface area contributed by atoms with Crippen LogP contribution in [0.25, 0.3) is 0 Å². The van der Waals surface area contributed by atoms with Gasteiger partial charge < -0.3 is 20.5 Å². The normalized spacial score (nSPS) is 20.5. The minimum atomic E-state index is -0.667. The summed E-state index contributed by atoms with van der Waals surface area (Å²) in [5.41, 5.74) is 8.22. The van der Waals surface area contributed by atoms with Gasteiger partial charge in [-0.05, 0) is 36.5 Å². The molecule has 1 aromatic carbocycles. The Morgan fingerprint density at radius 2 is 2.03 bits per heavy atom. The van der Waals surface area contributed by atoms with E-state index in [0.717, 1.165) is 5.70 Å². The van der Waals surface area contributed by atoms with Crippen LogP contribution in [-0.2, 0) is 19.1 Å². The number of Topliss-reactive ketones (excluding diaryl/α,β-unsaturated/α-hetero) is 1. The van der Waals surface area contributed by atoms with Crippen molar-refractivity contribution in [3.05, 3.63) is 56.3 Å². The third kappa shape index (κ3) is 5.14. The number of esters is 1. The van der Waals surface area contributed by atoms with E-state index in [1.54, 1.807) is 25.1 Å². The Bertz CT molecular complexity index is 953. The van der Waals surface area contributed by atoms with Crippen molar-refractivity contribution in [2.45, 2.75) is 39.5 Å². The zero-order chi connectivity index (χ0) is 22.8. The van der Waals surface area contributed by atoms with E-state index < -0.39 is 11.9 Å². The van der Waals surface area contributed by atoms with Crippen molar-refractivity contribution in [3.8, 4) is 0 Å². The summed E-state index contributed by atoms with van der Waals surface area (Å²) in [6.07, 6.45) is 1.04. The first-order valence-corrected chi connectivity index (χ1v) is 11.1. The van der Waals surface area contributed by atoms with Crippen LogP contribution in [-0.4, -0.2) is 38.1 Å². The van der Waals surface area contributed by atoms with Gasteiger partial charge in [0, 0.05) is 40.2 Å². The lowest BCUT2D eigenvalue weighted by atomic mass is 9.68. The molecule has 1 atom stereocenters. The van der Waals surface area contributed by atoms with Crippen molar-refractivity contribution < 1.29 is 19.1 Å². The molecule has 1 unspecified atom stereocenters. The number of nitrogens with two attached hydrogens (primary N) is 1. The standard InChI is InChI=1S/C23H28Cl2N2O4/c1-4-31-22(29)21-17(12-30-8-7-26)27-16-10-23(2,3)11-18(28)20(16)19(21)14-6-5-13(24)9-15(14)25/h5-6,9,19,27H,4,7-8,10-12,26H2,1-3H3. The average molecular weight is 467 g/mol. The second kappa shape index (κ2) is 9.74. The molecular weight excluding hydrogens is 439 g/mol. The first-order chi connectivity index (χ1) is 14.7. The molecule has 1 aliphatic heterocycles. The highest BCUT2D eigenvalue weighted by Crippen LogP contribution is 2.48. The Labute approximate surface area is 192 Å². The van der Waals surface area contributed by atoms with Gasteiger partial charge in [0.15, 0.2) is 5.78 Å². The minimum absolute atomic E-state index is 0.0153. The summed E-state index contributed by atoms with van der Waals surface area (Å²) in [6, 6.07) is 5.08. The molecule has 8 heteroatoms. The zero-order valence-electron chi connectivity index (χ0n) is 18.0. The molecule has 0 saturated carbocycles. The number of carbonyl (C=O) groups is 2. The monoisotopic (exact) mass is 466 g/mol. The van der Waals surface area contributed by atoms with Crippen LogP contribution in [0.3, 0.4) is 0 Å². The molecule has 0 fully saturated rings. The van der Waals surface area contributed by atoms with Crippen LogP contribution < -0.4 is 11.1 Å². The highest BCUT2D eigenvalue weighted by molar-refractivity contribution is 6.35. The van der Waals surface area contributed by atoms with E-state index in [0.29, 0.717) is 58.4 Å². The molecule has 2 aliphatic rings. The summed E-state index contributed by atoms with van der Waals surface area (Å²) >= 11 is 12.7. The Hall–Kier alpha value is -1.86. The molecule has 1 aromatic rings. The lowest BCUT2D eigenvalue weighted by Crippen LogP contribution is -2.40. The molecule has 168 valence electrons. The maximum absolute atomic E-state index is 13.3. The van der Waals surface area contributed by atoms with Crippen LogP contribution in [0.1, 0.15) is 45.1 Å². The fourth-order valence-electron chi connectivity index (χ4n) is 4.22. The van der Waals surface area contributed by atoms with E-state index in [-0.39, 0.29) is 24.4 Å². The third-order valence-corrected chi connectivity index (χ3v) is 5.96. The second-order valence-electron chi connectivity index (χ2n) is 8.51. The molecule has 0 saturated heterocycles. The molecule has 1 aliphatic carbocycles. The van der Waals surface area contributed by atoms with Gasteiger partial charge in [-0.15, -0.1) is 0 Å². The lowest BCUT2D eigenvalue weighted by Gasteiger charge is -2.40. The fourth-order valence-corrected chi connectivity index (χ4v) is 4.73. The van der Waals surface area contributed by atoms with Crippen LogP contribution in [0.15, 0.2) is 40.7 Å². The van der Waals surface area contributed by atoms with Crippen molar-refractivity contribution in [3.63, 3.8) is 0 Å². The van der Waals surface area contributed by atoms with Crippen molar-refractivity contribution >= 4 is 35.0 Å². The van der Waals surface area contributed by atoms with Crippen LogP contribution in [0.2, 0.25) is 10.0 Å². The lowest BCUT2D eigenvalue weighted by molar-refractivity contribution is -0.139. The Kier molecular flexibility index (Phi) is 7.47. The largest absolute Gasteiger partial charge is 0.463 e. The van der Waals surface area contributed by atoms with E-state index in [4.69, 9.17) is 38.4 Å².